The SMILES string of the molecule is CCC1CCN(C(=O)c2cc(S(=O)(=O)Cl)ccc2Cl)CC1. The average Bonchev–Trinajstić information content (AvgIpc) is 2.46. The van der Waals surface area contributed by atoms with Crippen LogP contribution in [0.4, 0.5) is 0 Å². The van der Waals surface area contributed by atoms with E-state index >= 15 is 0 Å². The zero-order valence-electron chi connectivity index (χ0n) is 11.7. The maximum absolute atomic E-state index is 12.5. The number of benzene rings is 1. The molecule has 1 amide bonds. The Kier molecular flexibility index (Phi) is 5.17. The fourth-order valence-corrected chi connectivity index (χ4v) is 3.51. The van der Waals surface area contributed by atoms with Crippen molar-refractivity contribution in [2.75, 3.05) is 13.1 Å². The van der Waals surface area contributed by atoms with Crippen LogP contribution in [0.1, 0.15) is 36.5 Å². The van der Waals surface area contributed by atoms with E-state index in [0.29, 0.717) is 19.0 Å². The first-order chi connectivity index (χ1) is 9.82. The van der Waals surface area contributed by atoms with Crippen LogP contribution >= 0.6 is 22.3 Å². The highest BCUT2D eigenvalue weighted by atomic mass is 35.7. The molecule has 0 bridgehead atoms. The normalized spacial score (nSPS) is 17.0. The summed E-state index contributed by atoms with van der Waals surface area (Å²) in [5.74, 6) is 0.413. The molecule has 1 aromatic carbocycles. The Morgan fingerprint density at radius 1 is 1.33 bits per heavy atom. The summed E-state index contributed by atoms with van der Waals surface area (Å²) in [5, 5.41) is 0.238. The molecule has 0 unspecified atom stereocenters. The van der Waals surface area contributed by atoms with Gasteiger partial charge in [-0.15, -0.1) is 0 Å². The smallest absolute Gasteiger partial charge is 0.261 e. The van der Waals surface area contributed by atoms with Crippen LogP contribution in [0.25, 0.3) is 0 Å². The number of carbonyl (C=O) groups is 1. The predicted molar refractivity (Wildman–Crippen MR) is 83.4 cm³/mol. The Morgan fingerprint density at radius 2 is 1.95 bits per heavy atom. The van der Waals surface area contributed by atoms with Gasteiger partial charge in [0.2, 0.25) is 0 Å². The van der Waals surface area contributed by atoms with E-state index in [1.807, 2.05) is 0 Å². The second-order valence-corrected chi connectivity index (χ2v) is 8.20. The first-order valence-corrected chi connectivity index (χ1v) is 9.55. The van der Waals surface area contributed by atoms with Crippen LogP contribution in [-0.2, 0) is 9.05 Å². The van der Waals surface area contributed by atoms with Gasteiger partial charge >= 0.3 is 0 Å². The van der Waals surface area contributed by atoms with E-state index in [4.69, 9.17) is 22.3 Å². The lowest BCUT2D eigenvalue weighted by Crippen LogP contribution is -2.38. The first kappa shape index (κ1) is 16.6. The minimum absolute atomic E-state index is 0.111. The van der Waals surface area contributed by atoms with Crippen molar-refractivity contribution in [1.29, 1.82) is 0 Å². The molecule has 21 heavy (non-hydrogen) atoms. The highest BCUT2D eigenvalue weighted by Gasteiger charge is 2.25. The number of likely N-dealkylation sites (tertiary alicyclic amines) is 1. The summed E-state index contributed by atoms with van der Waals surface area (Å²) >= 11 is 6.03. The van der Waals surface area contributed by atoms with Gasteiger partial charge in [-0.3, -0.25) is 4.79 Å². The molecule has 116 valence electrons. The molecule has 1 aromatic rings. The Morgan fingerprint density at radius 3 is 2.48 bits per heavy atom. The zero-order chi connectivity index (χ0) is 15.6. The van der Waals surface area contributed by atoms with Crippen LogP contribution in [0.5, 0.6) is 0 Å². The van der Waals surface area contributed by atoms with Crippen molar-refractivity contribution in [2.24, 2.45) is 5.92 Å². The average molecular weight is 350 g/mol. The van der Waals surface area contributed by atoms with Crippen molar-refractivity contribution < 1.29 is 13.2 Å². The summed E-state index contributed by atoms with van der Waals surface area (Å²) in [6.07, 6.45) is 3.05. The third kappa shape index (κ3) is 3.90. The Balaban J connectivity index is 2.23. The van der Waals surface area contributed by atoms with Crippen LogP contribution in [0.15, 0.2) is 23.1 Å². The molecule has 0 aromatic heterocycles. The van der Waals surface area contributed by atoms with E-state index in [-0.39, 0.29) is 21.4 Å². The van der Waals surface area contributed by atoms with Gasteiger partial charge in [-0.1, -0.05) is 24.9 Å². The van der Waals surface area contributed by atoms with Crippen LogP contribution in [0.2, 0.25) is 5.02 Å². The fourth-order valence-electron chi connectivity index (χ4n) is 2.53. The van der Waals surface area contributed by atoms with E-state index in [2.05, 4.69) is 6.92 Å². The van der Waals surface area contributed by atoms with E-state index in [0.717, 1.165) is 19.3 Å². The minimum atomic E-state index is -3.88. The van der Waals surface area contributed by atoms with Crippen molar-refractivity contribution in [3.63, 3.8) is 0 Å². The van der Waals surface area contributed by atoms with Crippen molar-refractivity contribution >= 4 is 37.2 Å². The van der Waals surface area contributed by atoms with Gasteiger partial charge in [0, 0.05) is 23.8 Å². The fraction of sp³-hybridized carbons (Fsp3) is 0.500. The Labute approximate surface area is 134 Å². The molecule has 1 saturated heterocycles. The Bertz CT molecular complexity index is 638. The summed E-state index contributed by atoms with van der Waals surface area (Å²) in [7, 11) is 1.44. The number of piperidine rings is 1. The second-order valence-electron chi connectivity index (χ2n) is 5.22. The molecule has 1 aliphatic rings. The molecule has 1 aliphatic heterocycles. The van der Waals surface area contributed by atoms with Crippen LogP contribution < -0.4 is 0 Å². The molecular weight excluding hydrogens is 333 g/mol. The highest BCUT2D eigenvalue weighted by molar-refractivity contribution is 8.13. The van der Waals surface area contributed by atoms with Gasteiger partial charge < -0.3 is 4.90 Å². The summed E-state index contributed by atoms with van der Waals surface area (Å²) in [6, 6.07) is 3.94. The van der Waals surface area contributed by atoms with Crippen molar-refractivity contribution in [3.8, 4) is 0 Å². The summed E-state index contributed by atoms with van der Waals surface area (Å²) in [4.78, 5) is 14.1. The molecule has 0 aliphatic carbocycles. The predicted octanol–water partition coefficient (Wildman–Crippen LogP) is 3.53. The topological polar surface area (TPSA) is 54.5 Å². The number of carbonyl (C=O) groups excluding carboxylic acids is 1. The minimum Gasteiger partial charge on any atom is -0.339 e. The van der Waals surface area contributed by atoms with Gasteiger partial charge in [0.25, 0.3) is 15.0 Å². The maximum atomic E-state index is 12.5. The third-order valence-corrected chi connectivity index (χ3v) is 5.61. The Hall–Kier alpha value is -0.780. The number of nitrogens with zero attached hydrogens (tertiary/aromatic N) is 1. The van der Waals surface area contributed by atoms with Crippen molar-refractivity contribution in [3.05, 3.63) is 28.8 Å². The molecule has 0 atom stereocenters. The maximum Gasteiger partial charge on any atom is 0.261 e. The third-order valence-electron chi connectivity index (χ3n) is 3.93. The molecule has 1 heterocycles. The summed E-state index contributed by atoms with van der Waals surface area (Å²) in [5.41, 5.74) is 0.188. The lowest BCUT2D eigenvalue weighted by molar-refractivity contribution is 0.0688. The highest BCUT2D eigenvalue weighted by Crippen LogP contribution is 2.26. The number of halogens is 2. The van der Waals surface area contributed by atoms with Gasteiger partial charge in [0.15, 0.2) is 0 Å². The number of rotatable bonds is 3. The van der Waals surface area contributed by atoms with Gasteiger partial charge in [-0.2, -0.15) is 0 Å². The van der Waals surface area contributed by atoms with Crippen molar-refractivity contribution in [2.45, 2.75) is 31.1 Å². The monoisotopic (exact) mass is 349 g/mol. The molecule has 2 rings (SSSR count). The number of amides is 1. The lowest BCUT2D eigenvalue weighted by Gasteiger charge is -2.31. The van der Waals surface area contributed by atoms with E-state index in [9.17, 15) is 13.2 Å². The summed E-state index contributed by atoms with van der Waals surface area (Å²) < 4.78 is 22.7. The zero-order valence-corrected chi connectivity index (χ0v) is 14.0. The second kappa shape index (κ2) is 6.55. The van der Waals surface area contributed by atoms with E-state index < -0.39 is 9.05 Å². The van der Waals surface area contributed by atoms with Crippen molar-refractivity contribution in [1.82, 2.24) is 4.90 Å². The van der Waals surface area contributed by atoms with Gasteiger partial charge in [0.1, 0.15) is 0 Å². The molecule has 7 heteroatoms. The molecule has 0 N–H and O–H groups in total. The lowest BCUT2D eigenvalue weighted by atomic mass is 9.94. The molecular formula is C14H17Cl2NO3S. The van der Waals surface area contributed by atoms with Crippen LogP contribution in [-0.4, -0.2) is 32.3 Å². The first-order valence-electron chi connectivity index (χ1n) is 6.86. The van der Waals surface area contributed by atoms with Crippen LogP contribution in [0, 0.1) is 5.92 Å². The quantitative estimate of drug-likeness (QED) is 0.784. The summed E-state index contributed by atoms with van der Waals surface area (Å²) in [6.45, 7) is 3.49. The standard InChI is InChI=1S/C14H17Cl2NO3S/c1-2-10-5-7-17(8-6-10)14(18)12-9-11(21(16,19)20)3-4-13(12)15/h3-4,9-10H,2,5-8H2,1H3. The molecule has 4 nitrogen and oxygen atoms in total. The number of hydrogen-bond acceptors (Lipinski definition) is 3. The van der Waals surface area contributed by atoms with E-state index in [1.54, 1.807) is 4.90 Å². The van der Waals surface area contributed by atoms with Gasteiger partial charge in [-0.05, 0) is 37.0 Å². The largest absolute Gasteiger partial charge is 0.339 e. The number of hydrogen-bond donors (Lipinski definition) is 0. The molecule has 0 saturated carbocycles. The molecule has 1 fully saturated rings. The van der Waals surface area contributed by atoms with Crippen LogP contribution in [0.3, 0.4) is 0 Å². The molecule has 0 radical (unpaired) electrons. The molecule has 0 spiro atoms. The van der Waals surface area contributed by atoms with Gasteiger partial charge in [0.05, 0.1) is 15.5 Å². The van der Waals surface area contributed by atoms with E-state index in [1.165, 1.54) is 18.2 Å². The van der Waals surface area contributed by atoms with Gasteiger partial charge in [-0.25, -0.2) is 8.42 Å².